The molecule has 0 spiro atoms. The van der Waals surface area contributed by atoms with E-state index in [1.54, 1.807) is 0 Å². The topological polar surface area (TPSA) is 38.0 Å². The Bertz CT molecular complexity index is 306. The number of hydrogen-bond acceptors (Lipinski definition) is 2. The van der Waals surface area contributed by atoms with Crippen molar-refractivity contribution >= 4 is 11.6 Å². The van der Waals surface area contributed by atoms with Crippen molar-refractivity contribution in [2.24, 2.45) is 5.84 Å². The summed E-state index contributed by atoms with van der Waals surface area (Å²) in [6.45, 7) is 5.83. The number of rotatable bonds is 4. The smallest absolute Gasteiger partial charge is 0.0454 e. The first kappa shape index (κ1) is 11.2. The summed E-state index contributed by atoms with van der Waals surface area (Å²) in [5.41, 5.74) is 4.96. The first-order chi connectivity index (χ1) is 6.63. The van der Waals surface area contributed by atoms with E-state index in [9.17, 15) is 0 Å². The predicted molar refractivity (Wildman–Crippen MR) is 61.1 cm³/mol. The van der Waals surface area contributed by atoms with Crippen LogP contribution in [-0.2, 0) is 6.42 Å². The van der Waals surface area contributed by atoms with Crippen molar-refractivity contribution in [3.8, 4) is 0 Å². The van der Waals surface area contributed by atoms with Gasteiger partial charge < -0.3 is 0 Å². The molecule has 0 aliphatic rings. The van der Waals surface area contributed by atoms with E-state index in [2.05, 4.69) is 12.0 Å². The van der Waals surface area contributed by atoms with Gasteiger partial charge in [0.25, 0.3) is 0 Å². The van der Waals surface area contributed by atoms with Gasteiger partial charge in [0.05, 0.1) is 0 Å². The van der Waals surface area contributed by atoms with E-state index in [0.717, 1.165) is 17.0 Å². The molecule has 0 fully saturated rings. The maximum absolute atomic E-state index is 5.79. The zero-order valence-corrected chi connectivity index (χ0v) is 9.01. The first-order valence-electron chi connectivity index (χ1n) is 4.49. The molecule has 3 N–H and O–H groups in total. The molecule has 0 amide bonds. The normalized spacial score (nSPS) is 12.5. The molecule has 0 bridgehead atoms. The lowest BCUT2D eigenvalue weighted by molar-refractivity contribution is 0.591. The van der Waals surface area contributed by atoms with E-state index in [0.29, 0.717) is 0 Å². The minimum absolute atomic E-state index is 0.121. The molecule has 2 nitrogen and oxygen atoms in total. The summed E-state index contributed by atoms with van der Waals surface area (Å²) in [5, 5.41) is 0.751. The summed E-state index contributed by atoms with van der Waals surface area (Å²) in [4.78, 5) is 0. The van der Waals surface area contributed by atoms with Crippen molar-refractivity contribution < 1.29 is 0 Å². The van der Waals surface area contributed by atoms with Gasteiger partial charge in [0, 0.05) is 11.1 Å². The molecule has 0 saturated carbocycles. The van der Waals surface area contributed by atoms with Crippen LogP contribution in [0, 0.1) is 0 Å². The minimum Gasteiger partial charge on any atom is -0.271 e. The molecule has 1 aromatic carbocycles. The Kier molecular flexibility index (Phi) is 4.14. The molecule has 14 heavy (non-hydrogen) atoms. The van der Waals surface area contributed by atoms with E-state index in [-0.39, 0.29) is 6.04 Å². The van der Waals surface area contributed by atoms with Crippen molar-refractivity contribution in [3.05, 3.63) is 47.0 Å². The standard InChI is InChI=1S/C11H15ClN2/c1-8(2)11(14-13)7-9-3-5-10(12)6-4-9/h3-6,11,14H,1,7,13H2,2H3. The van der Waals surface area contributed by atoms with Gasteiger partial charge in [-0.3, -0.25) is 11.3 Å². The van der Waals surface area contributed by atoms with Crippen LogP contribution >= 0.6 is 11.6 Å². The van der Waals surface area contributed by atoms with Gasteiger partial charge in [0.2, 0.25) is 0 Å². The van der Waals surface area contributed by atoms with Crippen LogP contribution in [0.2, 0.25) is 5.02 Å². The Labute approximate surface area is 89.7 Å². The maximum atomic E-state index is 5.79. The molecular weight excluding hydrogens is 196 g/mol. The van der Waals surface area contributed by atoms with Gasteiger partial charge in [-0.15, -0.1) is 0 Å². The van der Waals surface area contributed by atoms with E-state index >= 15 is 0 Å². The fourth-order valence-electron chi connectivity index (χ4n) is 1.23. The second-order valence-electron chi connectivity index (χ2n) is 3.40. The molecule has 0 aliphatic carbocycles. The molecule has 0 aliphatic heterocycles. The number of hydrogen-bond donors (Lipinski definition) is 2. The molecule has 3 heteroatoms. The van der Waals surface area contributed by atoms with Crippen molar-refractivity contribution in [2.45, 2.75) is 19.4 Å². The van der Waals surface area contributed by atoms with Gasteiger partial charge >= 0.3 is 0 Å². The van der Waals surface area contributed by atoms with E-state index in [1.165, 1.54) is 5.56 Å². The lowest BCUT2D eigenvalue weighted by Crippen LogP contribution is -2.37. The van der Waals surface area contributed by atoms with Crippen LogP contribution in [0.3, 0.4) is 0 Å². The summed E-state index contributed by atoms with van der Waals surface area (Å²) < 4.78 is 0. The van der Waals surface area contributed by atoms with Crippen LogP contribution in [0.1, 0.15) is 12.5 Å². The van der Waals surface area contributed by atoms with Gasteiger partial charge in [-0.2, -0.15) is 0 Å². The fourth-order valence-corrected chi connectivity index (χ4v) is 1.36. The predicted octanol–water partition coefficient (Wildman–Crippen LogP) is 2.29. The Morgan fingerprint density at radius 3 is 2.50 bits per heavy atom. The molecule has 1 atom stereocenters. The zero-order valence-electron chi connectivity index (χ0n) is 8.26. The van der Waals surface area contributed by atoms with Gasteiger partial charge in [0.1, 0.15) is 0 Å². The van der Waals surface area contributed by atoms with Crippen LogP contribution in [0.25, 0.3) is 0 Å². The van der Waals surface area contributed by atoms with Crippen molar-refractivity contribution in [1.82, 2.24) is 5.43 Å². The molecular formula is C11H15ClN2. The maximum Gasteiger partial charge on any atom is 0.0454 e. The molecule has 1 unspecified atom stereocenters. The average molecular weight is 211 g/mol. The van der Waals surface area contributed by atoms with E-state index in [1.807, 2.05) is 31.2 Å². The number of nitrogens with one attached hydrogen (secondary N) is 1. The lowest BCUT2D eigenvalue weighted by Gasteiger charge is -2.15. The number of hydrazine groups is 1. The first-order valence-corrected chi connectivity index (χ1v) is 4.87. The third-order valence-corrected chi connectivity index (χ3v) is 2.40. The quantitative estimate of drug-likeness (QED) is 0.455. The molecule has 76 valence electrons. The highest BCUT2D eigenvalue weighted by Gasteiger charge is 2.07. The second-order valence-corrected chi connectivity index (χ2v) is 3.83. The average Bonchev–Trinajstić information content (AvgIpc) is 2.16. The third-order valence-electron chi connectivity index (χ3n) is 2.15. The largest absolute Gasteiger partial charge is 0.271 e. The summed E-state index contributed by atoms with van der Waals surface area (Å²) >= 11 is 5.79. The number of benzene rings is 1. The molecule has 1 aromatic rings. The summed E-state index contributed by atoms with van der Waals surface area (Å²) in [6.07, 6.45) is 0.836. The zero-order chi connectivity index (χ0) is 10.6. The highest BCUT2D eigenvalue weighted by atomic mass is 35.5. The second kappa shape index (κ2) is 5.15. The molecule has 0 saturated heterocycles. The Morgan fingerprint density at radius 1 is 1.50 bits per heavy atom. The van der Waals surface area contributed by atoms with Crippen LogP contribution in [-0.4, -0.2) is 6.04 Å². The third kappa shape index (κ3) is 3.14. The summed E-state index contributed by atoms with van der Waals surface area (Å²) in [5.74, 6) is 5.41. The Morgan fingerprint density at radius 2 is 2.07 bits per heavy atom. The van der Waals surface area contributed by atoms with Crippen molar-refractivity contribution in [1.29, 1.82) is 0 Å². The number of halogens is 1. The van der Waals surface area contributed by atoms with Crippen molar-refractivity contribution in [2.75, 3.05) is 0 Å². The van der Waals surface area contributed by atoms with Gasteiger partial charge in [-0.05, 0) is 31.0 Å². The van der Waals surface area contributed by atoms with Gasteiger partial charge in [0.15, 0.2) is 0 Å². The fraction of sp³-hybridized carbons (Fsp3) is 0.273. The Balaban J connectivity index is 2.67. The highest BCUT2D eigenvalue weighted by molar-refractivity contribution is 6.30. The van der Waals surface area contributed by atoms with Crippen LogP contribution in [0.4, 0.5) is 0 Å². The van der Waals surface area contributed by atoms with E-state index in [4.69, 9.17) is 17.4 Å². The lowest BCUT2D eigenvalue weighted by atomic mass is 10.0. The van der Waals surface area contributed by atoms with Crippen LogP contribution in [0.5, 0.6) is 0 Å². The molecule has 0 heterocycles. The van der Waals surface area contributed by atoms with Gasteiger partial charge in [-0.1, -0.05) is 35.9 Å². The molecule has 0 aromatic heterocycles. The molecule has 1 rings (SSSR count). The monoisotopic (exact) mass is 210 g/mol. The minimum atomic E-state index is 0.121. The Hall–Kier alpha value is -0.830. The van der Waals surface area contributed by atoms with Crippen LogP contribution < -0.4 is 11.3 Å². The van der Waals surface area contributed by atoms with Crippen LogP contribution in [0.15, 0.2) is 36.4 Å². The summed E-state index contributed by atoms with van der Waals surface area (Å²) in [6, 6.07) is 7.87. The highest BCUT2D eigenvalue weighted by Crippen LogP contribution is 2.12. The van der Waals surface area contributed by atoms with E-state index < -0.39 is 0 Å². The van der Waals surface area contributed by atoms with Crippen molar-refractivity contribution in [3.63, 3.8) is 0 Å². The summed E-state index contributed by atoms with van der Waals surface area (Å²) in [7, 11) is 0. The SMILES string of the molecule is C=C(C)C(Cc1ccc(Cl)cc1)NN. The molecule has 0 radical (unpaired) electrons. The van der Waals surface area contributed by atoms with Gasteiger partial charge in [-0.25, -0.2) is 0 Å². The number of nitrogens with two attached hydrogens (primary N) is 1.